The highest BCUT2D eigenvalue weighted by molar-refractivity contribution is 14.1. The van der Waals surface area contributed by atoms with Gasteiger partial charge in [-0.05, 0) is 64.0 Å². The normalized spacial score (nSPS) is 16.6. The molecule has 5 rings (SSSR count). The number of nitrogens with zero attached hydrogens (tertiary/aromatic N) is 2. The summed E-state index contributed by atoms with van der Waals surface area (Å²) in [5, 5.41) is 11.8. The predicted octanol–water partition coefficient (Wildman–Crippen LogP) is 5.98. The number of imide groups is 1. The standard InChI is InChI=1S/C29H25ClFIN4O4/c1-16(17-5-3-2-4-6-17)25(27-33-24(26(30)35-27)21-12-9-19(32)15-22(21)31)36-28(38)23(34-29(36)39)18-7-10-20(11-8-18)40-14-13-37/h2-12,15-16,23,25,37H,13-14H2,1H3,(H,33,35)(H,34,39)/t16-,23+,25-/m0/s1. The fourth-order valence-corrected chi connectivity index (χ4v) is 5.50. The summed E-state index contributed by atoms with van der Waals surface area (Å²) in [7, 11) is 0. The first-order valence-corrected chi connectivity index (χ1v) is 14.0. The Bertz CT molecular complexity index is 1530. The number of nitrogens with one attached hydrogen (secondary N) is 2. The van der Waals surface area contributed by atoms with Gasteiger partial charge in [0.25, 0.3) is 5.91 Å². The number of benzene rings is 3. The fraction of sp³-hybridized carbons (Fsp3) is 0.207. The second-order valence-electron chi connectivity index (χ2n) is 9.29. The van der Waals surface area contributed by atoms with Gasteiger partial charge in [-0.1, -0.05) is 61.0 Å². The zero-order valence-corrected chi connectivity index (χ0v) is 24.2. The van der Waals surface area contributed by atoms with Gasteiger partial charge in [0, 0.05) is 15.1 Å². The van der Waals surface area contributed by atoms with E-state index in [1.165, 1.54) is 6.07 Å². The number of aromatic amines is 1. The van der Waals surface area contributed by atoms with Crippen molar-refractivity contribution in [1.29, 1.82) is 0 Å². The van der Waals surface area contributed by atoms with Crippen molar-refractivity contribution >= 4 is 46.1 Å². The van der Waals surface area contributed by atoms with E-state index in [9.17, 15) is 14.0 Å². The molecular weight excluding hydrogens is 650 g/mol. The number of amides is 3. The largest absolute Gasteiger partial charge is 0.491 e. The molecule has 3 atom stereocenters. The molecule has 0 unspecified atom stereocenters. The summed E-state index contributed by atoms with van der Waals surface area (Å²) in [6.07, 6.45) is 0. The smallest absolute Gasteiger partial charge is 0.325 e. The molecule has 1 fully saturated rings. The van der Waals surface area contributed by atoms with E-state index in [4.69, 9.17) is 21.4 Å². The van der Waals surface area contributed by atoms with E-state index in [1.54, 1.807) is 36.4 Å². The van der Waals surface area contributed by atoms with Gasteiger partial charge in [-0.3, -0.25) is 9.69 Å². The summed E-state index contributed by atoms with van der Waals surface area (Å²) in [5.41, 5.74) is 1.94. The second-order valence-corrected chi connectivity index (χ2v) is 10.9. The molecule has 0 spiro atoms. The SMILES string of the molecule is C[C@@H](c1ccccc1)[C@@H](c1nc(Cl)c(-c2ccc(I)cc2F)[nH]1)N1C(=O)N[C@H](c2ccc(OCCO)cc2)C1=O. The Labute approximate surface area is 248 Å². The van der Waals surface area contributed by atoms with Crippen molar-refractivity contribution in [2.24, 2.45) is 0 Å². The molecule has 0 radical (unpaired) electrons. The van der Waals surface area contributed by atoms with Crippen LogP contribution in [0.3, 0.4) is 0 Å². The molecule has 3 aromatic carbocycles. The third kappa shape index (κ3) is 5.56. The number of aromatic nitrogens is 2. The average molecular weight is 675 g/mol. The van der Waals surface area contributed by atoms with Crippen LogP contribution in [0.4, 0.5) is 9.18 Å². The van der Waals surface area contributed by atoms with Gasteiger partial charge < -0.3 is 20.1 Å². The molecule has 1 saturated heterocycles. The molecule has 8 nitrogen and oxygen atoms in total. The van der Waals surface area contributed by atoms with Crippen LogP contribution >= 0.6 is 34.2 Å². The highest BCUT2D eigenvalue weighted by Gasteiger charge is 2.46. The molecule has 1 aromatic heterocycles. The molecule has 0 bridgehead atoms. The lowest BCUT2D eigenvalue weighted by atomic mass is 9.91. The zero-order valence-electron chi connectivity index (χ0n) is 21.3. The number of aliphatic hydroxyl groups is 1. The van der Waals surface area contributed by atoms with Crippen molar-refractivity contribution in [3.8, 4) is 17.0 Å². The van der Waals surface area contributed by atoms with Crippen LogP contribution < -0.4 is 10.1 Å². The molecule has 3 amide bonds. The second kappa shape index (κ2) is 11.9. The van der Waals surface area contributed by atoms with E-state index in [2.05, 4.69) is 15.3 Å². The van der Waals surface area contributed by atoms with Crippen LogP contribution in [0.25, 0.3) is 11.3 Å². The van der Waals surface area contributed by atoms with E-state index < -0.39 is 29.8 Å². The Kier molecular flexibility index (Phi) is 8.38. The average Bonchev–Trinajstić information content (AvgIpc) is 3.47. The maximum atomic E-state index is 14.8. The Balaban J connectivity index is 1.53. The number of halogens is 3. The number of carbonyl (C=O) groups excluding carboxylic acids is 2. The van der Waals surface area contributed by atoms with Gasteiger partial charge >= 0.3 is 6.03 Å². The first-order valence-electron chi connectivity index (χ1n) is 12.5. The Morgan fingerprint density at radius 3 is 2.52 bits per heavy atom. The monoisotopic (exact) mass is 674 g/mol. The van der Waals surface area contributed by atoms with Crippen LogP contribution in [0.1, 0.15) is 41.9 Å². The summed E-state index contributed by atoms with van der Waals surface area (Å²) >= 11 is 8.52. The van der Waals surface area contributed by atoms with E-state index in [0.29, 0.717) is 11.3 Å². The van der Waals surface area contributed by atoms with Crippen LogP contribution in [0.2, 0.25) is 5.15 Å². The third-order valence-electron chi connectivity index (χ3n) is 6.78. The first-order chi connectivity index (χ1) is 19.3. The molecule has 1 aliphatic heterocycles. The highest BCUT2D eigenvalue weighted by atomic mass is 127. The maximum Gasteiger partial charge on any atom is 0.325 e. The van der Waals surface area contributed by atoms with Crippen molar-refractivity contribution in [2.75, 3.05) is 13.2 Å². The number of imidazole rings is 1. The quantitative estimate of drug-likeness (QED) is 0.150. The van der Waals surface area contributed by atoms with Crippen LogP contribution in [-0.4, -0.2) is 45.1 Å². The van der Waals surface area contributed by atoms with Gasteiger partial charge in [0.15, 0.2) is 5.15 Å². The summed E-state index contributed by atoms with van der Waals surface area (Å²) in [6.45, 7) is 1.91. The number of aliphatic hydroxyl groups excluding tert-OH is 1. The topological polar surface area (TPSA) is 108 Å². The number of hydrogen-bond acceptors (Lipinski definition) is 5. The van der Waals surface area contributed by atoms with E-state index in [0.717, 1.165) is 14.0 Å². The van der Waals surface area contributed by atoms with Gasteiger partial charge in [0.05, 0.1) is 12.3 Å². The van der Waals surface area contributed by atoms with Crippen LogP contribution in [0.15, 0.2) is 72.8 Å². The van der Waals surface area contributed by atoms with E-state index in [1.807, 2.05) is 59.8 Å². The number of hydrogen-bond donors (Lipinski definition) is 3. The molecule has 206 valence electrons. The zero-order chi connectivity index (χ0) is 28.4. The van der Waals surface area contributed by atoms with Crippen molar-refractivity contribution in [2.45, 2.75) is 24.9 Å². The Morgan fingerprint density at radius 1 is 1.12 bits per heavy atom. The van der Waals surface area contributed by atoms with Crippen molar-refractivity contribution in [3.05, 3.63) is 104 Å². The molecule has 40 heavy (non-hydrogen) atoms. The molecule has 1 aliphatic rings. The van der Waals surface area contributed by atoms with E-state index in [-0.39, 0.29) is 41.4 Å². The Hall–Kier alpha value is -3.48. The number of rotatable bonds is 9. The van der Waals surface area contributed by atoms with Crippen molar-refractivity contribution in [3.63, 3.8) is 0 Å². The van der Waals surface area contributed by atoms with Gasteiger partial charge in [-0.25, -0.2) is 14.2 Å². The van der Waals surface area contributed by atoms with Gasteiger partial charge in [0.1, 0.15) is 36.1 Å². The lowest BCUT2D eigenvalue weighted by molar-refractivity contribution is -0.129. The Morgan fingerprint density at radius 2 is 1.85 bits per heavy atom. The number of ether oxygens (including phenoxy) is 1. The lowest BCUT2D eigenvalue weighted by Crippen LogP contribution is -2.38. The number of urea groups is 1. The summed E-state index contributed by atoms with van der Waals surface area (Å²) in [5.74, 6) is -0.538. The number of carbonyl (C=O) groups is 2. The molecule has 3 N–H and O–H groups in total. The van der Waals surface area contributed by atoms with Crippen LogP contribution in [0, 0.1) is 9.39 Å². The molecule has 4 aromatic rings. The maximum absolute atomic E-state index is 14.8. The number of H-pyrrole nitrogens is 1. The van der Waals surface area contributed by atoms with Gasteiger partial charge in [0.2, 0.25) is 0 Å². The third-order valence-corrected chi connectivity index (χ3v) is 7.72. The van der Waals surface area contributed by atoms with Crippen molar-refractivity contribution in [1.82, 2.24) is 20.2 Å². The minimum Gasteiger partial charge on any atom is -0.491 e. The predicted molar refractivity (Wildman–Crippen MR) is 156 cm³/mol. The minimum atomic E-state index is -0.927. The lowest BCUT2D eigenvalue weighted by Gasteiger charge is -2.29. The van der Waals surface area contributed by atoms with E-state index >= 15 is 0 Å². The molecular formula is C29H25ClFIN4O4. The summed E-state index contributed by atoms with van der Waals surface area (Å²) in [4.78, 5) is 36.0. The molecule has 11 heteroatoms. The first kappa shape index (κ1) is 28.1. The minimum absolute atomic E-state index is 0.0300. The highest BCUT2D eigenvalue weighted by Crippen LogP contribution is 2.41. The molecule has 0 saturated carbocycles. The van der Waals surface area contributed by atoms with Crippen LogP contribution in [-0.2, 0) is 4.79 Å². The van der Waals surface area contributed by atoms with Gasteiger partial charge in [-0.15, -0.1) is 0 Å². The summed E-state index contributed by atoms with van der Waals surface area (Å²) < 4.78 is 21.0. The fourth-order valence-electron chi connectivity index (χ4n) is 4.80. The summed E-state index contributed by atoms with van der Waals surface area (Å²) in [6, 6.07) is 18.5. The van der Waals surface area contributed by atoms with Gasteiger partial charge in [-0.2, -0.15) is 0 Å². The molecule has 2 heterocycles. The van der Waals surface area contributed by atoms with Crippen molar-refractivity contribution < 1.29 is 23.8 Å². The van der Waals surface area contributed by atoms with Crippen LogP contribution in [0.5, 0.6) is 5.75 Å². The molecule has 0 aliphatic carbocycles.